The summed E-state index contributed by atoms with van der Waals surface area (Å²) < 4.78 is 36.0. The van der Waals surface area contributed by atoms with Crippen LogP contribution in [0.1, 0.15) is 5.69 Å². The summed E-state index contributed by atoms with van der Waals surface area (Å²) in [6, 6.07) is 18.1. The van der Waals surface area contributed by atoms with E-state index in [4.69, 9.17) is 5.26 Å². The van der Waals surface area contributed by atoms with Crippen LogP contribution < -0.4 is 0 Å². The molecule has 0 N–H and O–H groups in total. The van der Waals surface area contributed by atoms with Crippen molar-refractivity contribution in [2.24, 2.45) is 7.05 Å². The summed E-state index contributed by atoms with van der Waals surface area (Å²) in [5.74, 6) is -0.276. The fourth-order valence-electron chi connectivity index (χ4n) is 2.08. The fraction of sp³-hybridized carbons (Fsp3) is 0.111. The van der Waals surface area contributed by atoms with Crippen LogP contribution in [0, 0.1) is 17.1 Å². The number of aryl methyl sites for hydroxylation is 1. The lowest BCUT2D eigenvalue weighted by Gasteiger charge is -2.00. The summed E-state index contributed by atoms with van der Waals surface area (Å²) in [7, 11) is -1.25. The Morgan fingerprint density at radius 3 is 2.12 bits per heavy atom. The Morgan fingerprint density at radius 1 is 1.08 bits per heavy atom. The molecule has 1 aromatic heterocycles. The molecule has 0 saturated heterocycles. The van der Waals surface area contributed by atoms with Gasteiger partial charge in [-0.3, -0.25) is 4.68 Å². The number of nitriles is 1. The Hall–Kier alpha value is -2.98. The molecule has 0 fully saturated rings. The van der Waals surface area contributed by atoms with Crippen molar-refractivity contribution in [1.29, 1.82) is 5.26 Å². The smallest absolute Gasteiger partial charge is 0.175 e. The average Bonchev–Trinajstić information content (AvgIpc) is 2.97. The third-order valence-corrected chi connectivity index (χ3v) is 4.43. The van der Waals surface area contributed by atoms with Gasteiger partial charge in [0.05, 0.1) is 10.6 Å². The lowest BCUT2D eigenvalue weighted by atomic mass is 10.1. The quantitative estimate of drug-likeness (QED) is 0.706. The van der Waals surface area contributed by atoms with Crippen molar-refractivity contribution in [3.63, 3.8) is 0 Å². The van der Waals surface area contributed by atoms with Crippen molar-refractivity contribution in [3.05, 3.63) is 72.2 Å². The number of hydrogen-bond acceptors (Lipinski definition) is 4. The van der Waals surface area contributed by atoms with Crippen LogP contribution in [-0.2, 0) is 16.9 Å². The molecular formula is C18H16FN3O2S. The van der Waals surface area contributed by atoms with E-state index in [1.807, 2.05) is 6.07 Å². The summed E-state index contributed by atoms with van der Waals surface area (Å²) in [6.45, 7) is 0. The van der Waals surface area contributed by atoms with Crippen molar-refractivity contribution >= 4 is 9.84 Å². The summed E-state index contributed by atoms with van der Waals surface area (Å²) >= 11 is 0. The fourth-order valence-corrected chi connectivity index (χ4v) is 2.73. The molecule has 25 heavy (non-hydrogen) atoms. The Bertz CT molecular complexity index is 989. The molecular weight excluding hydrogens is 341 g/mol. The van der Waals surface area contributed by atoms with Gasteiger partial charge in [-0.1, -0.05) is 18.2 Å². The Balaban J connectivity index is 0.000000196. The van der Waals surface area contributed by atoms with Gasteiger partial charge in [-0.25, -0.2) is 12.8 Å². The number of benzene rings is 2. The Kier molecular flexibility index (Phi) is 5.67. The van der Waals surface area contributed by atoms with E-state index in [-0.39, 0.29) is 5.82 Å². The highest BCUT2D eigenvalue weighted by molar-refractivity contribution is 7.90. The van der Waals surface area contributed by atoms with E-state index in [0.29, 0.717) is 10.6 Å². The summed E-state index contributed by atoms with van der Waals surface area (Å²) in [4.78, 5) is 0.370. The highest BCUT2D eigenvalue weighted by Crippen LogP contribution is 2.19. The van der Waals surface area contributed by atoms with Gasteiger partial charge in [-0.2, -0.15) is 10.4 Å². The zero-order valence-corrected chi connectivity index (χ0v) is 14.5. The highest BCUT2D eigenvalue weighted by Gasteiger charge is 2.06. The first-order valence-corrected chi connectivity index (χ1v) is 9.15. The van der Waals surface area contributed by atoms with Crippen LogP contribution in [0.3, 0.4) is 0 Å². The van der Waals surface area contributed by atoms with E-state index in [1.54, 1.807) is 60.3 Å². The molecule has 7 heteroatoms. The second-order valence-corrected chi connectivity index (χ2v) is 7.26. The van der Waals surface area contributed by atoms with Gasteiger partial charge in [-0.15, -0.1) is 0 Å². The van der Waals surface area contributed by atoms with E-state index < -0.39 is 9.84 Å². The average molecular weight is 357 g/mol. The van der Waals surface area contributed by atoms with Gasteiger partial charge in [0.15, 0.2) is 15.5 Å². The molecule has 5 nitrogen and oxygen atoms in total. The minimum atomic E-state index is -3.00. The van der Waals surface area contributed by atoms with Crippen molar-refractivity contribution in [2.75, 3.05) is 6.26 Å². The second kappa shape index (κ2) is 7.73. The van der Waals surface area contributed by atoms with Gasteiger partial charge in [-0.05, 0) is 36.4 Å². The monoisotopic (exact) mass is 357 g/mol. The molecule has 3 rings (SSSR count). The van der Waals surface area contributed by atoms with Crippen molar-refractivity contribution in [3.8, 4) is 17.3 Å². The van der Waals surface area contributed by atoms with Gasteiger partial charge in [0.2, 0.25) is 0 Å². The first kappa shape index (κ1) is 18.4. The SMILES string of the molecule is CS(=O)(=O)c1ccccc1.Cn1nc(C#N)cc1-c1ccc(F)cc1. The summed E-state index contributed by atoms with van der Waals surface area (Å²) in [5.41, 5.74) is 2.00. The normalized spacial score (nSPS) is 10.5. The Labute approximate surface area is 145 Å². The minimum Gasteiger partial charge on any atom is -0.267 e. The van der Waals surface area contributed by atoms with E-state index in [2.05, 4.69) is 5.10 Å². The molecule has 1 heterocycles. The molecule has 0 atom stereocenters. The molecule has 0 unspecified atom stereocenters. The lowest BCUT2D eigenvalue weighted by Crippen LogP contribution is -1.95. The van der Waals surface area contributed by atoms with Crippen LogP contribution in [0.25, 0.3) is 11.3 Å². The first-order valence-electron chi connectivity index (χ1n) is 7.26. The maximum atomic E-state index is 12.7. The molecule has 3 aromatic rings. The molecule has 128 valence electrons. The topological polar surface area (TPSA) is 75.8 Å². The molecule has 0 bridgehead atoms. The van der Waals surface area contributed by atoms with Crippen molar-refractivity contribution in [2.45, 2.75) is 4.90 Å². The van der Waals surface area contributed by atoms with E-state index in [9.17, 15) is 12.8 Å². The van der Waals surface area contributed by atoms with Crippen LogP contribution in [0.4, 0.5) is 4.39 Å². The molecule has 0 spiro atoms. The zero-order valence-electron chi connectivity index (χ0n) is 13.7. The van der Waals surface area contributed by atoms with Crippen LogP contribution in [0.5, 0.6) is 0 Å². The molecule has 0 aliphatic heterocycles. The van der Waals surface area contributed by atoms with Gasteiger partial charge in [0.1, 0.15) is 11.9 Å². The zero-order chi connectivity index (χ0) is 18.4. The van der Waals surface area contributed by atoms with Crippen molar-refractivity contribution in [1.82, 2.24) is 9.78 Å². The number of sulfone groups is 1. The maximum Gasteiger partial charge on any atom is 0.175 e. The second-order valence-electron chi connectivity index (χ2n) is 5.24. The predicted molar refractivity (Wildman–Crippen MR) is 92.9 cm³/mol. The number of nitrogens with zero attached hydrogens (tertiary/aromatic N) is 3. The molecule has 0 amide bonds. The predicted octanol–water partition coefficient (Wildman–Crippen LogP) is 3.19. The van der Waals surface area contributed by atoms with Crippen molar-refractivity contribution < 1.29 is 12.8 Å². The third kappa shape index (κ3) is 4.99. The van der Waals surface area contributed by atoms with Crippen LogP contribution >= 0.6 is 0 Å². The van der Waals surface area contributed by atoms with Crippen LogP contribution in [0.2, 0.25) is 0 Å². The number of rotatable bonds is 2. The maximum absolute atomic E-state index is 12.7. The van der Waals surface area contributed by atoms with Gasteiger partial charge < -0.3 is 0 Å². The molecule has 0 aliphatic carbocycles. The first-order chi connectivity index (χ1) is 11.8. The third-order valence-electron chi connectivity index (χ3n) is 3.31. The minimum absolute atomic E-state index is 0.276. The highest BCUT2D eigenvalue weighted by atomic mass is 32.2. The van der Waals surface area contributed by atoms with E-state index in [1.165, 1.54) is 18.4 Å². The summed E-state index contributed by atoms with van der Waals surface area (Å²) in [6.07, 6.45) is 1.20. The van der Waals surface area contributed by atoms with Crippen LogP contribution in [-0.4, -0.2) is 24.5 Å². The summed E-state index contributed by atoms with van der Waals surface area (Å²) in [5, 5.41) is 12.7. The molecule has 0 radical (unpaired) electrons. The van der Waals surface area contributed by atoms with Gasteiger partial charge >= 0.3 is 0 Å². The lowest BCUT2D eigenvalue weighted by molar-refractivity contribution is 0.602. The number of halogens is 1. The van der Waals surface area contributed by atoms with E-state index in [0.717, 1.165) is 11.3 Å². The van der Waals surface area contributed by atoms with Gasteiger partial charge in [0.25, 0.3) is 0 Å². The Morgan fingerprint density at radius 2 is 1.68 bits per heavy atom. The van der Waals surface area contributed by atoms with Gasteiger partial charge in [0, 0.05) is 24.9 Å². The number of hydrogen-bond donors (Lipinski definition) is 0. The van der Waals surface area contributed by atoms with Crippen LogP contribution in [0.15, 0.2) is 65.6 Å². The number of aromatic nitrogens is 2. The standard InChI is InChI=1S/C11H8FN3.C7H8O2S/c1-15-11(6-10(7-13)14-15)8-2-4-9(12)5-3-8;1-10(8,9)7-5-3-2-4-6-7/h2-6H,1H3;2-6H,1H3. The molecule has 0 saturated carbocycles. The molecule has 0 aliphatic rings. The molecule has 2 aromatic carbocycles. The van der Waals surface area contributed by atoms with E-state index >= 15 is 0 Å². The largest absolute Gasteiger partial charge is 0.267 e.